The Morgan fingerprint density at radius 2 is 1.32 bits per heavy atom. The normalized spacial score (nSPS) is 13.4. The predicted octanol–water partition coefficient (Wildman–Crippen LogP) is 5.74. The molecule has 4 aromatic carbocycles. The first-order chi connectivity index (χ1) is 30.0. The Morgan fingerprint density at radius 1 is 0.762 bits per heavy atom. The number of carbonyl (C=O) groups is 2. The van der Waals surface area contributed by atoms with E-state index in [0.717, 1.165) is 5.56 Å². The molecule has 5 aromatic rings. The van der Waals surface area contributed by atoms with Gasteiger partial charge in [-0.3, -0.25) is 4.79 Å². The summed E-state index contributed by atoms with van der Waals surface area (Å²) in [7, 11) is -5.01. The summed E-state index contributed by atoms with van der Waals surface area (Å²) in [5.74, 6) is 1.39. The lowest BCUT2D eigenvalue weighted by atomic mass is 9.90. The Labute approximate surface area is 367 Å². The number of hydrogen-bond acceptors (Lipinski definition) is 13. The van der Waals surface area contributed by atoms with E-state index >= 15 is 8.42 Å². The van der Waals surface area contributed by atoms with Crippen LogP contribution >= 0.6 is 0 Å². The molecule has 0 fully saturated rings. The summed E-state index contributed by atoms with van der Waals surface area (Å²) >= 11 is 0. The second-order valence-corrected chi connectivity index (χ2v) is 19.2. The molecule has 1 aromatic heterocycles. The maximum absolute atomic E-state index is 15.8. The number of rotatable bonds is 18. The van der Waals surface area contributed by atoms with Crippen molar-refractivity contribution in [3.05, 3.63) is 113 Å². The summed E-state index contributed by atoms with van der Waals surface area (Å²) in [5, 5.41) is 15.8. The summed E-state index contributed by atoms with van der Waals surface area (Å²) in [4.78, 5) is 25.3. The molecule has 1 aliphatic carbocycles. The first-order valence-corrected chi connectivity index (χ1v) is 23.0. The summed E-state index contributed by atoms with van der Waals surface area (Å²) in [6, 6.07) is 23.5. The number of nitrogens with one attached hydrogen (secondary N) is 2. The van der Waals surface area contributed by atoms with Gasteiger partial charge in [-0.2, -0.15) is 9.10 Å². The number of alkyl carbamates (subject to hydrolysis) is 1. The van der Waals surface area contributed by atoms with Gasteiger partial charge in [-0.25, -0.2) is 26.4 Å². The van der Waals surface area contributed by atoms with Crippen LogP contribution in [0.2, 0.25) is 0 Å². The Balaban J connectivity index is 1.55. The zero-order valence-corrected chi connectivity index (χ0v) is 37.6. The molecule has 0 radical (unpaired) electrons. The highest BCUT2D eigenvalue weighted by Crippen LogP contribution is 2.41. The number of tetrazole rings is 1. The van der Waals surface area contributed by atoms with Gasteiger partial charge in [-0.15, -0.1) is 10.2 Å². The van der Waals surface area contributed by atoms with Crippen LogP contribution in [0.4, 0.5) is 4.79 Å². The van der Waals surface area contributed by atoms with Gasteiger partial charge in [0.2, 0.25) is 25.9 Å². The van der Waals surface area contributed by atoms with E-state index in [1.165, 1.54) is 41.5 Å². The van der Waals surface area contributed by atoms with Gasteiger partial charge in [0.25, 0.3) is 0 Å². The summed E-state index contributed by atoms with van der Waals surface area (Å²) in [5.41, 5.74) is 1.72. The van der Waals surface area contributed by atoms with Crippen molar-refractivity contribution in [3.63, 3.8) is 0 Å². The maximum Gasteiger partial charge on any atom is 0.407 e. The SMILES string of the molecule is COc1ccc(CN(Cc2ccc(OC)cc2)S(=O)(=O)c2c(S(=O)(=O)NCCNC(=O)OC(C)(C)C)ccc(C3=CC(=O)CCC3)c2-c2nnn(Cc3ccc(OC)cc3)n2)cc1. The van der Waals surface area contributed by atoms with Crippen molar-refractivity contribution in [1.82, 2.24) is 34.6 Å². The quantitative estimate of drug-likeness (QED) is 0.101. The monoisotopic (exact) mass is 901 g/mol. The number of aromatic nitrogens is 4. The van der Waals surface area contributed by atoms with Gasteiger partial charge < -0.3 is 24.3 Å². The number of sulfonamides is 2. The van der Waals surface area contributed by atoms with Gasteiger partial charge in [0.15, 0.2) is 5.78 Å². The number of benzene rings is 4. The zero-order chi connectivity index (χ0) is 45.4. The van der Waals surface area contributed by atoms with Crippen molar-refractivity contribution >= 4 is 37.5 Å². The van der Waals surface area contributed by atoms with Gasteiger partial charge in [0, 0.05) is 32.6 Å². The Kier molecular flexibility index (Phi) is 14.7. The third kappa shape index (κ3) is 11.9. The number of ether oxygens (including phenoxy) is 4. The lowest BCUT2D eigenvalue weighted by molar-refractivity contribution is -0.114. The molecule has 334 valence electrons. The van der Waals surface area contributed by atoms with Crippen molar-refractivity contribution in [2.24, 2.45) is 0 Å². The van der Waals surface area contributed by atoms with Gasteiger partial charge in [0.05, 0.1) is 33.4 Å². The van der Waals surface area contributed by atoms with Crippen LogP contribution in [0.3, 0.4) is 0 Å². The molecule has 19 heteroatoms. The van der Waals surface area contributed by atoms with E-state index in [9.17, 15) is 18.0 Å². The first-order valence-electron chi connectivity index (χ1n) is 20.0. The first kappa shape index (κ1) is 46.4. The molecule has 17 nitrogen and oxygen atoms in total. The lowest BCUT2D eigenvalue weighted by Gasteiger charge is -2.27. The van der Waals surface area contributed by atoms with E-state index in [1.54, 1.807) is 88.5 Å². The molecular formula is C44H51N7O10S2. The molecule has 0 spiro atoms. The lowest BCUT2D eigenvalue weighted by Crippen LogP contribution is -2.38. The van der Waals surface area contributed by atoms with Crippen LogP contribution in [0, 0.1) is 0 Å². The third-order valence-electron chi connectivity index (χ3n) is 9.84. The molecular weight excluding hydrogens is 851 g/mol. The molecule has 0 bridgehead atoms. The average Bonchev–Trinajstić information content (AvgIpc) is 3.72. The minimum atomic E-state index is -4.90. The fraction of sp³-hybridized carbons (Fsp3) is 0.341. The minimum absolute atomic E-state index is 0.126. The van der Waals surface area contributed by atoms with E-state index in [0.29, 0.717) is 53.2 Å². The molecule has 0 unspecified atom stereocenters. The molecule has 0 saturated heterocycles. The number of carbonyl (C=O) groups excluding carboxylic acids is 2. The highest BCUT2D eigenvalue weighted by molar-refractivity contribution is 7.92. The van der Waals surface area contributed by atoms with E-state index < -0.39 is 41.5 Å². The van der Waals surface area contributed by atoms with Crippen LogP contribution < -0.4 is 24.2 Å². The van der Waals surface area contributed by atoms with E-state index in [1.807, 2.05) is 12.1 Å². The van der Waals surface area contributed by atoms with Gasteiger partial charge in [-0.05, 0) is 115 Å². The Bertz CT molecular complexity index is 2610. The fourth-order valence-electron chi connectivity index (χ4n) is 6.80. The molecule has 1 heterocycles. The average molecular weight is 902 g/mol. The molecule has 6 rings (SSSR count). The summed E-state index contributed by atoms with van der Waals surface area (Å²) in [6.07, 6.45) is 1.85. The molecule has 0 atom stereocenters. The predicted molar refractivity (Wildman–Crippen MR) is 234 cm³/mol. The second-order valence-electron chi connectivity index (χ2n) is 15.6. The van der Waals surface area contributed by atoms with Crippen molar-refractivity contribution in [1.29, 1.82) is 0 Å². The van der Waals surface area contributed by atoms with Gasteiger partial charge in [0.1, 0.15) is 32.6 Å². The second kappa shape index (κ2) is 19.9. The molecule has 63 heavy (non-hydrogen) atoms. The van der Waals surface area contributed by atoms with Crippen molar-refractivity contribution in [2.75, 3.05) is 34.4 Å². The number of allylic oxidation sites excluding steroid dienone is 2. The van der Waals surface area contributed by atoms with E-state index in [2.05, 4.69) is 25.4 Å². The molecule has 0 saturated carbocycles. The molecule has 2 N–H and O–H groups in total. The van der Waals surface area contributed by atoms with Crippen LogP contribution in [-0.2, 0) is 49.2 Å². The smallest absolute Gasteiger partial charge is 0.407 e. The highest BCUT2D eigenvalue weighted by atomic mass is 32.2. The van der Waals surface area contributed by atoms with E-state index in [4.69, 9.17) is 18.9 Å². The number of amides is 1. The third-order valence-corrected chi connectivity index (χ3v) is 13.4. The number of ketones is 1. The molecule has 1 amide bonds. The fourth-order valence-corrected chi connectivity index (χ4v) is 10.2. The van der Waals surface area contributed by atoms with Crippen molar-refractivity contribution in [2.45, 2.75) is 75.1 Å². The van der Waals surface area contributed by atoms with Crippen LogP contribution in [0.25, 0.3) is 17.0 Å². The van der Waals surface area contributed by atoms with Crippen molar-refractivity contribution in [3.8, 4) is 28.6 Å². The topological polar surface area (TPSA) is 210 Å². The zero-order valence-electron chi connectivity index (χ0n) is 36.0. The Hall–Kier alpha value is -6.15. The standard InChI is InChI=1S/C44H51N7O10S2/c1-44(2,3)61-43(53)45-24-25-46-62(54,55)39-23-22-38(33-8-7-9-34(52)26-33)40(42-47-49-51(48-42)29-32-14-20-37(60-6)21-15-32)41(39)63(56,57)50(27-30-10-16-35(58-4)17-11-30)28-31-12-18-36(59-5)19-13-31/h10-23,26,46H,7-9,24-25,27-29H2,1-6H3,(H,45,53). The largest absolute Gasteiger partial charge is 0.497 e. The van der Waals surface area contributed by atoms with Crippen LogP contribution in [0.1, 0.15) is 62.3 Å². The van der Waals surface area contributed by atoms with Crippen LogP contribution in [0.5, 0.6) is 17.2 Å². The van der Waals surface area contributed by atoms with Gasteiger partial charge >= 0.3 is 6.09 Å². The maximum atomic E-state index is 15.8. The number of methoxy groups -OCH3 is 3. The summed E-state index contributed by atoms with van der Waals surface area (Å²) < 4.78 is 85.6. The highest BCUT2D eigenvalue weighted by Gasteiger charge is 2.38. The van der Waals surface area contributed by atoms with Crippen LogP contribution in [-0.4, -0.2) is 93.2 Å². The molecule has 0 aliphatic heterocycles. The van der Waals surface area contributed by atoms with Gasteiger partial charge in [-0.1, -0.05) is 42.5 Å². The molecule has 1 aliphatic rings. The minimum Gasteiger partial charge on any atom is -0.497 e. The number of hydrogen-bond donors (Lipinski definition) is 2. The van der Waals surface area contributed by atoms with Crippen LogP contribution in [0.15, 0.2) is 101 Å². The van der Waals surface area contributed by atoms with Crippen molar-refractivity contribution < 1.29 is 45.4 Å². The Morgan fingerprint density at radius 3 is 1.84 bits per heavy atom. The van der Waals surface area contributed by atoms with E-state index in [-0.39, 0.29) is 55.5 Å². The number of nitrogens with zero attached hydrogens (tertiary/aromatic N) is 5. The summed E-state index contributed by atoms with van der Waals surface area (Å²) in [6.45, 7) is 4.29.